The third-order valence-corrected chi connectivity index (χ3v) is 6.51. The van der Waals surface area contributed by atoms with Gasteiger partial charge in [-0.3, -0.25) is 14.7 Å². The summed E-state index contributed by atoms with van der Waals surface area (Å²) in [6.07, 6.45) is 5.91. The number of nitrogens with one attached hydrogen (secondary N) is 1. The number of hydrogen-bond acceptors (Lipinski definition) is 6. The minimum atomic E-state index is -0.416. The van der Waals surface area contributed by atoms with Gasteiger partial charge in [-0.25, -0.2) is 8.91 Å². The molecular formula is C22H22FN9. The summed E-state index contributed by atoms with van der Waals surface area (Å²) in [6, 6.07) is 5.76. The zero-order chi connectivity index (χ0) is 21.8. The van der Waals surface area contributed by atoms with Gasteiger partial charge in [0.2, 0.25) is 0 Å². The van der Waals surface area contributed by atoms with Gasteiger partial charge in [0.05, 0.1) is 42.1 Å². The number of fused-ring (bicyclic) bond motifs is 4. The van der Waals surface area contributed by atoms with E-state index in [1.54, 1.807) is 6.07 Å². The van der Waals surface area contributed by atoms with Crippen LogP contribution in [0, 0.1) is 17.1 Å². The molecule has 0 saturated carbocycles. The Morgan fingerprint density at radius 2 is 2.19 bits per heavy atom. The molecule has 0 saturated heterocycles. The van der Waals surface area contributed by atoms with Crippen LogP contribution in [0.4, 0.5) is 10.1 Å². The smallest absolute Gasteiger partial charge is 0.171 e. The average Bonchev–Trinajstić information content (AvgIpc) is 3.53. The van der Waals surface area contributed by atoms with Crippen molar-refractivity contribution in [1.29, 1.82) is 5.26 Å². The van der Waals surface area contributed by atoms with Gasteiger partial charge in [-0.05, 0) is 25.5 Å². The molecule has 0 aliphatic carbocycles. The van der Waals surface area contributed by atoms with Crippen LogP contribution in [0.5, 0.6) is 0 Å². The van der Waals surface area contributed by atoms with E-state index in [0.717, 1.165) is 37.4 Å². The molecule has 10 heteroatoms. The Hall–Kier alpha value is -3.71. The fourth-order valence-electron chi connectivity index (χ4n) is 5.04. The van der Waals surface area contributed by atoms with Gasteiger partial charge in [-0.2, -0.15) is 20.6 Å². The SMILES string of the molecule is C[C@@H]1CN(c2ccc(C#N)n3ncc(F)c23)Cc2c3c(nn21)CN(Cc1cn[nH]c1)CC3. The molecule has 6 heterocycles. The molecule has 6 rings (SSSR count). The second-order valence-electron chi connectivity index (χ2n) is 8.58. The lowest BCUT2D eigenvalue weighted by Crippen LogP contribution is -2.37. The van der Waals surface area contributed by atoms with Crippen LogP contribution in [0.3, 0.4) is 0 Å². The summed E-state index contributed by atoms with van der Waals surface area (Å²) in [6.45, 7) is 6.13. The first-order chi connectivity index (χ1) is 15.6. The molecule has 0 fully saturated rings. The number of hydrogen-bond donors (Lipinski definition) is 1. The maximum Gasteiger partial charge on any atom is 0.171 e. The predicted octanol–water partition coefficient (Wildman–Crippen LogP) is 2.40. The van der Waals surface area contributed by atoms with Crippen molar-refractivity contribution < 1.29 is 4.39 Å². The number of H-pyrrole nitrogens is 1. The first-order valence-electron chi connectivity index (χ1n) is 10.7. The van der Waals surface area contributed by atoms with E-state index in [2.05, 4.69) is 42.8 Å². The van der Waals surface area contributed by atoms with E-state index in [0.29, 0.717) is 24.3 Å². The maximum absolute atomic E-state index is 14.6. The first kappa shape index (κ1) is 19.0. The average molecular weight is 431 g/mol. The fourth-order valence-corrected chi connectivity index (χ4v) is 5.04. The number of nitriles is 1. The van der Waals surface area contributed by atoms with Crippen LogP contribution in [0.25, 0.3) is 5.52 Å². The van der Waals surface area contributed by atoms with Crippen molar-refractivity contribution in [2.24, 2.45) is 0 Å². The number of halogens is 1. The molecule has 32 heavy (non-hydrogen) atoms. The highest BCUT2D eigenvalue weighted by molar-refractivity contribution is 5.75. The molecule has 4 aromatic heterocycles. The van der Waals surface area contributed by atoms with Gasteiger partial charge in [-0.1, -0.05) is 0 Å². The van der Waals surface area contributed by atoms with Crippen LogP contribution in [0.2, 0.25) is 0 Å². The number of nitrogens with zero attached hydrogens (tertiary/aromatic N) is 8. The Balaban J connectivity index is 1.33. The number of rotatable bonds is 3. The zero-order valence-electron chi connectivity index (χ0n) is 17.7. The number of pyridine rings is 1. The monoisotopic (exact) mass is 431 g/mol. The van der Waals surface area contributed by atoms with Gasteiger partial charge >= 0.3 is 0 Å². The Morgan fingerprint density at radius 3 is 3.00 bits per heavy atom. The van der Waals surface area contributed by atoms with Crippen molar-refractivity contribution in [1.82, 2.24) is 34.5 Å². The first-order valence-corrected chi connectivity index (χ1v) is 10.7. The quantitative estimate of drug-likeness (QED) is 0.535. The molecule has 0 bridgehead atoms. The molecule has 162 valence electrons. The minimum Gasteiger partial charge on any atom is -0.362 e. The van der Waals surface area contributed by atoms with E-state index in [4.69, 9.17) is 5.10 Å². The molecule has 0 amide bonds. The normalized spacial score (nSPS) is 18.5. The van der Waals surface area contributed by atoms with E-state index in [-0.39, 0.29) is 6.04 Å². The van der Waals surface area contributed by atoms with Crippen LogP contribution in [0.1, 0.15) is 41.2 Å². The Bertz CT molecular complexity index is 1340. The minimum absolute atomic E-state index is 0.147. The van der Waals surface area contributed by atoms with Crippen molar-refractivity contribution in [2.75, 3.05) is 18.0 Å². The van der Waals surface area contributed by atoms with E-state index in [1.165, 1.54) is 27.5 Å². The predicted molar refractivity (Wildman–Crippen MR) is 114 cm³/mol. The number of aromatic nitrogens is 6. The molecule has 0 spiro atoms. The topological polar surface area (TPSA) is 94.1 Å². The third kappa shape index (κ3) is 2.89. The Morgan fingerprint density at radius 1 is 1.28 bits per heavy atom. The van der Waals surface area contributed by atoms with Gasteiger partial charge in [0.1, 0.15) is 17.3 Å². The Labute approximate surface area is 183 Å². The van der Waals surface area contributed by atoms with Crippen molar-refractivity contribution in [3.8, 4) is 6.07 Å². The van der Waals surface area contributed by atoms with E-state index < -0.39 is 5.82 Å². The molecular weight excluding hydrogens is 409 g/mol. The van der Waals surface area contributed by atoms with Crippen LogP contribution >= 0.6 is 0 Å². The number of anilines is 1. The van der Waals surface area contributed by atoms with Gasteiger partial charge in [0.15, 0.2) is 5.82 Å². The van der Waals surface area contributed by atoms with Crippen LogP contribution in [-0.2, 0) is 26.1 Å². The van der Waals surface area contributed by atoms with E-state index in [9.17, 15) is 9.65 Å². The van der Waals surface area contributed by atoms with Gasteiger partial charge in [0, 0.05) is 43.5 Å². The molecule has 0 radical (unpaired) electrons. The molecule has 1 atom stereocenters. The maximum atomic E-state index is 14.6. The highest BCUT2D eigenvalue weighted by Crippen LogP contribution is 2.34. The third-order valence-electron chi connectivity index (χ3n) is 6.51. The second-order valence-corrected chi connectivity index (χ2v) is 8.58. The summed E-state index contributed by atoms with van der Waals surface area (Å²) in [4.78, 5) is 4.57. The molecule has 1 N–H and O–H groups in total. The molecule has 2 aliphatic rings. The lowest BCUT2D eigenvalue weighted by atomic mass is 10.0. The van der Waals surface area contributed by atoms with Crippen molar-refractivity contribution in [3.05, 3.63) is 64.7 Å². The van der Waals surface area contributed by atoms with Crippen molar-refractivity contribution in [2.45, 2.75) is 39.0 Å². The lowest BCUT2D eigenvalue weighted by molar-refractivity contribution is 0.242. The van der Waals surface area contributed by atoms with Gasteiger partial charge < -0.3 is 4.90 Å². The van der Waals surface area contributed by atoms with Gasteiger partial charge in [-0.15, -0.1) is 0 Å². The summed E-state index contributed by atoms with van der Waals surface area (Å²) >= 11 is 0. The van der Waals surface area contributed by atoms with Crippen molar-refractivity contribution in [3.63, 3.8) is 0 Å². The van der Waals surface area contributed by atoms with Crippen LogP contribution < -0.4 is 4.90 Å². The summed E-state index contributed by atoms with van der Waals surface area (Å²) < 4.78 is 18.2. The molecule has 2 aliphatic heterocycles. The molecule has 0 aromatic carbocycles. The summed E-state index contributed by atoms with van der Waals surface area (Å²) in [7, 11) is 0. The van der Waals surface area contributed by atoms with Gasteiger partial charge in [0.25, 0.3) is 0 Å². The van der Waals surface area contributed by atoms with E-state index in [1.807, 2.05) is 18.5 Å². The molecule has 4 aromatic rings. The number of aromatic amines is 1. The Kier molecular flexibility index (Phi) is 4.26. The van der Waals surface area contributed by atoms with Crippen LogP contribution in [0.15, 0.2) is 30.7 Å². The zero-order valence-corrected chi connectivity index (χ0v) is 17.7. The molecule has 0 unspecified atom stereocenters. The standard InChI is InChI=1S/C22H22FN9/c1-14-10-30(20-3-2-16(6-24)32-22(20)18(23)9-27-32)13-21-17-4-5-29(11-15-7-25-26-8-15)12-19(17)28-31(14)21/h2-3,7-9,14H,4-5,10-13H2,1H3,(H,25,26)/t14-/m1/s1. The summed E-state index contributed by atoms with van der Waals surface area (Å²) in [5.74, 6) is -0.416. The fraction of sp³-hybridized carbons (Fsp3) is 0.364. The van der Waals surface area contributed by atoms with E-state index >= 15 is 0 Å². The van der Waals surface area contributed by atoms with Crippen molar-refractivity contribution >= 4 is 11.2 Å². The largest absolute Gasteiger partial charge is 0.362 e. The van der Waals surface area contributed by atoms with Crippen LogP contribution in [-0.4, -0.2) is 47.6 Å². The molecule has 9 nitrogen and oxygen atoms in total. The summed E-state index contributed by atoms with van der Waals surface area (Å²) in [5.41, 5.74) is 6.23. The highest BCUT2D eigenvalue weighted by atomic mass is 19.1. The summed E-state index contributed by atoms with van der Waals surface area (Å²) in [5, 5.41) is 25.3. The lowest BCUT2D eigenvalue weighted by Gasteiger charge is -2.35. The second kappa shape index (κ2) is 7.17. The highest BCUT2D eigenvalue weighted by Gasteiger charge is 2.32.